The van der Waals surface area contributed by atoms with Crippen molar-refractivity contribution in [2.24, 2.45) is 7.05 Å². The van der Waals surface area contributed by atoms with Crippen LogP contribution in [0.3, 0.4) is 0 Å². The van der Waals surface area contributed by atoms with E-state index in [1.165, 1.54) is 24.6 Å². The highest BCUT2D eigenvalue weighted by molar-refractivity contribution is 8.00. The van der Waals surface area contributed by atoms with Gasteiger partial charge in [0, 0.05) is 18.3 Å². The molecule has 4 rings (SSSR count). The molecule has 8 heteroatoms. The number of aromatic amines is 1. The SMILES string of the molecule is Cc1c([C@@H]2SCC(=O)Nc3c2c(=O)[nH]n3C2CCCCCC2)cnn1C. The van der Waals surface area contributed by atoms with Crippen LogP contribution in [0.5, 0.6) is 0 Å². The summed E-state index contributed by atoms with van der Waals surface area (Å²) < 4.78 is 3.75. The minimum absolute atomic E-state index is 0.0540. The van der Waals surface area contributed by atoms with Crippen LogP contribution in [-0.4, -0.2) is 31.2 Å². The van der Waals surface area contributed by atoms with Crippen molar-refractivity contribution in [3.8, 4) is 0 Å². The second-order valence-corrected chi connectivity index (χ2v) is 8.36. The Morgan fingerprint density at radius 2 is 1.92 bits per heavy atom. The van der Waals surface area contributed by atoms with Crippen molar-refractivity contribution in [3.05, 3.63) is 33.4 Å². The smallest absolute Gasteiger partial charge is 0.270 e. The van der Waals surface area contributed by atoms with Gasteiger partial charge in [0.2, 0.25) is 5.91 Å². The fraction of sp³-hybridized carbons (Fsp3) is 0.611. The van der Waals surface area contributed by atoms with Gasteiger partial charge < -0.3 is 5.32 Å². The van der Waals surface area contributed by atoms with Crippen LogP contribution in [0.2, 0.25) is 0 Å². The average Bonchev–Trinajstić information content (AvgIpc) is 2.94. The van der Waals surface area contributed by atoms with Gasteiger partial charge in [-0.2, -0.15) is 5.10 Å². The lowest BCUT2D eigenvalue weighted by atomic mass is 10.1. The normalized spacial score (nSPS) is 21.8. The first kappa shape index (κ1) is 17.5. The number of nitrogens with zero attached hydrogens (tertiary/aromatic N) is 3. The van der Waals surface area contributed by atoms with Crippen molar-refractivity contribution < 1.29 is 4.79 Å². The monoisotopic (exact) mass is 375 g/mol. The molecule has 1 atom stereocenters. The third-order valence-electron chi connectivity index (χ3n) is 5.61. The molecule has 2 aromatic heterocycles. The molecule has 0 unspecified atom stereocenters. The zero-order valence-electron chi connectivity index (χ0n) is 15.2. The van der Waals surface area contributed by atoms with Crippen molar-refractivity contribution in [2.75, 3.05) is 11.1 Å². The first-order valence-corrected chi connectivity index (χ1v) is 10.4. The van der Waals surface area contributed by atoms with Gasteiger partial charge in [0.05, 0.1) is 28.8 Å². The Kier molecular flexibility index (Phi) is 4.69. The number of anilines is 1. The highest BCUT2D eigenvalue weighted by atomic mass is 32.2. The molecule has 26 heavy (non-hydrogen) atoms. The van der Waals surface area contributed by atoms with E-state index in [9.17, 15) is 9.59 Å². The Balaban J connectivity index is 1.82. The summed E-state index contributed by atoms with van der Waals surface area (Å²) in [5.74, 6) is 0.935. The molecule has 1 fully saturated rings. The Bertz CT molecular complexity index is 873. The van der Waals surface area contributed by atoms with Crippen LogP contribution in [0.15, 0.2) is 11.0 Å². The highest BCUT2D eigenvalue weighted by Gasteiger charge is 2.33. The standard InChI is InChI=1S/C18H25N5O2S/c1-11-13(9-19-22(11)2)16-15-17(20-14(24)10-26-16)23(21-18(15)25)12-7-5-3-4-6-8-12/h9,12,16H,3-8,10H2,1-2H3,(H,20,24)(H,21,25)/t16-/m0/s1. The predicted molar refractivity (Wildman–Crippen MR) is 103 cm³/mol. The molecule has 0 radical (unpaired) electrons. The number of rotatable bonds is 2. The van der Waals surface area contributed by atoms with Crippen LogP contribution in [0.1, 0.15) is 66.6 Å². The zero-order valence-corrected chi connectivity index (χ0v) is 16.1. The van der Waals surface area contributed by atoms with Gasteiger partial charge in [-0.1, -0.05) is 25.7 Å². The van der Waals surface area contributed by atoms with Crippen molar-refractivity contribution in [3.63, 3.8) is 0 Å². The summed E-state index contributed by atoms with van der Waals surface area (Å²) in [5, 5.41) is 10.2. The topological polar surface area (TPSA) is 84.7 Å². The van der Waals surface area contributed by atoms with E-state index in [0.717, 1.165) is 36.9 Å². The Morgan fingerprint density at radius 1 is 1.19 bits per heavy atom. The van der Waals surface area contributed by atoms with Crippen molar-refractivity contribution in [1.82, 2.24) is 19.6 Å². The highest BCUT2D eigenvalue weighted by Crippen LogP contribution is 2.42. The van der Waals surface area contributed by atoms with Gasteiger partial charge in [0.1, 0.15) is 5.82 Å². The molecular weight excluding hydrogens is 350 g/mol. The van der Waals surface area contributed by atoms with Crippen molar-refractivity contribution >= 4 is 23.5 Å². The molecule has 3 heterocycles. The molecule has 0 spiro atoms. The lowest BCUT2D eigenvalue weighted by Gasteiger charge is -2.19. The first-order chi connectivity index (χ1) is 12.6. The van der Waals surface area contributed by atoms with Crippen LogP contribution < -0.4 is 10.9 Å². The largest absolute Gasteiger partial charge is 0.310 e. The van der Waals surface area contributed by atoms with E-state index < -0.39 is 0 Å². The molecule has 1 amide bonds. The summed E-state index contributed by atoms with van der Waals surface area (Å²) in [6, 6.07) is 0.244. The Morgan fingerprint density at radius 3 is 2.58 bits per heavy atom. The molecule has 0 bridgehead atoms. The van der Waals surface area contributed by atoms with Crippen LogP contribution in [-0.2, 0) is 11.8 Å². The minimum atomic E-state index is -0.187. The molecule has 2 aromatic rings. The van der Waals surface area contributed by atoms with E-state index in [4.69, 9.17) is 0 Å². The minimum Gasteiger partial charge on any atom is -0.310 e. The van der Waals surface area contributed by atoms with Gasteiger partial charge in [0.25, 0.3) is 5.56 Å². The van der Waals surface area contributed by atoms with Crippen LogP contribution in [0, 0.1) is 6.92 Å². The number of thioether (sulfide) groups is 1. The van der Waals surface area contributed by atoms with Crippen molar-refractivity contribution in [1.29, 1.82) is 0 Å². The summed E-state index contributed by atoms with van der Waals surface area (Å²) in [6.07, 6.45) is 8.69. The third-order valence-corrected chi connectivity index (χ3v) is 6.86. The molecule has 1 saturated carbocycles. The maximum absolute atomic E-state index is 12.9. The van der Waals surface area contributed by atoms with Crippen molar-refractivity contribution in [2.45, 2.75) is 56.7 Å². The molecule has 0 aromatic carbocycles. The summed E-state index contributed by atoms with van der Waals surface area (Å²) in [5.41, 5.74) is 2.57. The number of aryl methyl sites for hydroxylation is 1. The maximum atomic E-state index is 12.9. The van der Waals surface area contributed by atoms with E-state index >= 15 is 0 Å². The van der Waals surface area contributed by atoms with Gasteiger partial charge in [-0.15, -0.1) is 11.8 Å². The first-order valence-electron chi connectivity index (χ1n) is 9.30. The second kappa shape index (κ2) is 6.98. The second-order valence-electron chi connectivity index (χ2n) is 7.27. The zero-order chi connectivity index (χ0) is 18.3. The Labute approximate surface area is 156 Å². The summed E-state index contributed by atoms with van der Waals surface area (Å²) in [6.45, 7) is 2.00. The number of carbonyl (C=O) groups is 1. The lowest BCUT2D eigenvalue weighted by molar-refractivity contribution is -0.113. The quantitative estimate of drug-likeness (QED) is 0.791. The van der Waals surface area contributed by atoms with Crippen LogP contribution >= 0.6 is 11.8 Å². The molecule has 0 saturated heterocycles. The van der Waals surface area contributed by atoms with Crippen LogP contribution in [0.4, 0.5) is 5.82 Å². The Hall–Kier alpha value is -1.96. The molecule has 2 N–H and O–H groups in total. The maximum Gasteiger partial charge on any atom is 0.270 e. The molecule has 7 nitrogen and oxygen atoms in total. The summed E-state index contributed by atoms with van der Waals surface area (Å²) in [7, 11) is 1.89. The number of hydrogen-bond acceptors (Lipinski definition) is 4. The molecule has 140 valence electrons. The van der Waals surface area contributed by atoms with E-state index in [0.29, 0.717) is 17.1 Å². The van der Waals surface area contributed by atoms with Gasteiger partial charge in [0.15, 0.2) is 0 Å². The van der Waals surface area contributed by atoms with Gasteiger partial charge >= 0.3 is 0 Å². The van der Waals surface area contributed by atoms with Gasteiger partial charge in [-0.3, -0.25) is 24.1 Å². The van der Waals surface area contributed by atoms with E-state index in [1.807, 2.05) is 29.5 Å². The average molecular weight is 375 g/mol. The lowest BCUT2D eigenvalue weighted by Crippen LogP contribution is -2.19. The van der Waals surface area contributed by atoms with Crippen LogP contribution in [0.25, 0.3) is 0 Å². The summed E-state index contributed by atoms with van der Waals surface area (Å²) in [4.78, 5) is 25.2. The number of aromatic nitrogens is 4. The van der Waals surface area contributed by atoms with Gasteiger partial charge in [-0.05, 0) is 19.8 Å². The fourth-order valence-corrected chi connectivity index (χ4v) is 5.24. The number of H-pyrrole nitrogens is 1. The van der Waals surface area contributed by atoms with E-state index in [2.05, 4.69) is 15.5 Å². The summed E-state index contributed by atoms with van der Waals surface area (Å²) >= 11 is 1.49. The molecule has 1 aliphatic heterocycles. The number of fused-ring (bicyclic) bond motifs is 1. The third kappa shape index (κ3) is 3.00. The number of hydrogen-bond donors (Lipinski definition) is 2. The number of carbonyl (C=O) groups excluding carboxylic acids is 1. The fourth-order valence-electron chi connectivity index (χ4n) is 4.05. The molecular formula is C18H25N5O2S. The molecule has 2 aliphatic rings. The predicted octanol–water partition coefficient (Wildman–Crippen LogP) is 2.89. The number of nitrogens with one attached hydrogen (secondary N) is 2. The van der Waals surface area contributed by atoms with E-state index in [1.54, 1.807) is 0 Å². The number of amides is 1. The van der Waals surface area contributed by atoms with E-state index in [-0.39, 0.29) is 22.8 Å². The van der Waals surface area contributed by atoms with Gasteiger partial charge in [-0.25, -0.2) is 0 Å². The molecule has 1 aliphatic carbocycles.